The molecule has 2 atom stereocenters. The fourth-order valence-electron chi connectivity index (χ4n) is 8.98. The Morgan fingerprint density at radius 2 is 0.723 bits per heavy atom. The van der Waals surface area contributed by atoms with Gasteiger partial charge in [-0.05, 0) is 57.8 Å². The summed E-state index contributed by atoms with van der Waals surface area (Å²) in [5, 5.41) is 23.1. The number of hydrogen-bond acceptors (Lipinski definition) is 5. The topological polar surface area (TPSA) is 95.9 Å². The van der Waals surface area contributed by atoms with Crippen LogP contribution < -0.4 is 5.32 Å². The molecule has 65 heavy (non-hydrogen) atoms. The lowest BCUT2D eigenvalue weighted by molar-refractivity contribution is -0.143. The minimum atomic E-state index is -0.849. The Bertz CT molecular complexity index is 1010. The summed E-state index contributed by atoms with van der Waals surface area (Å²) in [6, 6.07) is -0.633. The van der Waals surface area contributed by atoms with Crippen molar-refractivity contribution in [1.82, 2.24) is 5.32 Å². The predicted octanol–water partition coefficient (Wildman–Crippen LogP) is 17.9. The number of aliphatic hydroxyl groups excluding tert-OH is 2. The summed E-state index contributed by atoms with van der Waals surface area (Å²) in [5.74, 6) is -0.0669. The van der Waals surface area contributed by atoms with Crippen LogP contribution in [-0.2, 0) is 14.3 Å². The minimum Gasteiger partial charge on any atom is -0.466 e. The molecular formula is C59H113NO5. The van der Waals surface area contributed by atoms with E-state index < -0.39 is 12.1 Å². The Hall–Kier alpha value is -1.66. The molecule has 0 aromatic rings. The van der Waals surface area contributed by atoms with Crippen molar-refractivity contribution in [3.05, 3.63) is 24.3 Å². The highest BCUT2D eigenvalue weighted by Gasteiger charge is 2.18. The van der Waals surface area contributed by atoms with Crippen LogP contribution in [-0.4, -0.2) is 47.4 Å². The van der Waals surface area contributed by atoms with E-state index in [2.05, 4.69) is 31.3 Å². The van der Waals surface area contributed by atoms with Gasteiger partial charge in [0.1, 0.15) is 0 Å². The maximum atomic E-state index is 12.5. The van der Waals surface area contributed by atoms with Gasteiger partial charge >= 0.3 is 5.97 Å². The maximum Gasteiger partial charge on any atom is 0.305 e. The Labute approximate surface area is 405 Å². The summed E-state index contributed by atoms with van der Waals surface area (Å²) in [6.07, 6.45) is 66.3. The zero-order valence-electron chi connectivity index (χ0n) is 43.7. The average Bonchev–Trinajstić information content (AvgIpc) is 3.31. The van der Waals surface area contributed by atoms with Crippen LogP contribution in [0.3, 0.4) is 0 Å². The number of allylic oxidation sites excluding steroid dienone is 3. The first-order chi connectivity index (χ1) is 32.0. The van der Waals surface area contributed by atoms with Gasteiger partial charge in [-0.2, -0.15) is 0 Å². The average molecular weight is 917 g/mol. The molecule has 3 N–H and O–H groups in total. The normalized spacial score (nSPS) is 12.7. The number of carbonyl (C=O) groups excluding carboxylic acids is 2. The van der Waals surface area contributed by atoms with Gasteiger partial charge < -0.3 is 20.3 Å². The molecule has 0 aliphatic rings. The third-order valence-electron chi connectivity index (χ3n) is 13.5. The molecule has 1 amide bonds. The van der Waals surface area contributed by atoms with Gasteiger partial charge in [-0.3, -0.25) is 9.59 Å². The van der Waals surface area contributed by atoms with Crippen LogP contribution in [0.1, 0.15) is 316 Å². The molecule has 6 nitrogen and oxygen atoms in total. The molecule has 0 rings (SSSR count). The summed E-state index contributed by atoms with van der Waals surface area (Å²) in [7, 11) is 0. The molecule has 384 valence electrons. The Morgan fingerprint density at radius 1 is 0.415 bits per heavy atom. The second-order valence-corrected chi connectivity index (χ2v) is 20.0. The van der Waals surface area contributed by atoms with Gasteiger partial charge in [0.2, 0.25) is 5.91 Å². The number of rotatable bonds is 54. The van der Waals surface area contributed by atoms with Crippen LogP contribution in [0, 0.1) is 0 Å². The highest BCUT2D eigenvalue weighted by Crippen LogP contribution is 2.17. The SMILES string of the molecule is CCCCCCCCCCCCCCCC/C=C/C(O)C(CO)NC(=O)CCCCCCCCC/C=C\CCCCCCCCCCCCOC(=O)CCCCCCCCCCCCC. The largest absolute Gasteiger partial charge is 0.466 e. The molecule has 0 saturated heterocycles. The molecule has 0 aromatic carbocycles. The molecule has 0 spiro atoms. The molecule has 0 heterocycles. The van der Waals surface area contributed by atoms with Crippen LogP contribution in [0.4, 0.5) is 0 Å². The molecule has 0 saturated carbocycles. The van der Waals surface area contributed by atoms with Gasteiger partial charge in [-0.1, -0.05) is 269 Å². The first-order valence-electron chi connectivity index (χ1n) is 29.1. The lowest BCUT2D eigenvalue weighted by atomic mass is 10.0. The number of aliphatic hydroxyl groups is 2. The van der Waals surface area contributed by atoms with E-state index in [1.54, 1.807) is 6.08 Å². The first-order valence-corrected chi connectivity index (χ1v) is 29.1. The number of esters is 1. The van der Waals surface area contributed by atoms with Crippen molar-refractivity contribution in [2.24, 2.45) is 0 Å². The van der Waals surface area contributed by atoms with Crippen LogP contribution >= 0.6 is 0 Å². The molecule has 2 unspecified atom stereocenters. The zero-order valence-corrected chi connectivity index (χ0v) is 43.7. The summed E-state index contributed by atoms with van der Waals surface area (Å²) in [6.45, 7) is 4.90. The molecule has 0 bridgehead atoms. The minimum absolute atomic E-state index is 0.00733. The molecule has 0 radical (unpaired) electrons. The first kappa shape index (κ1) is 63.3. The van der Waals surface area contributed by atoms with E-state index in [4.69, 9.17) is 4.74 Å². The molecule has 0 aliphatic heterocycles. The van der Waals surface area contributed by atoms with Crippen molar-refractivity contribution >= 4 is 11.9 Å². The van der Waals surface area contributed by atoms with E-state index in [1.807, 2.05) is 6.08 Å². The number of ether oxygens (including phenoxy) is 1. The molecule has 0 fully saturated rings. The van der Waals surface area contributed by atoms with Crippen molar-refractivity contribution in [1.29, 1.82) is 0 Å². The van der Waals surface area contributed by atoms with E-state index in [0.717, 1.165) is 44.9 Å². The van der Waals surface area contributed by atoms with E-state index in [0.29, 0.717) is 19.4 Å². The highest BCUT2D eigenvalue weighted by atomic mass is 16.5. The molecule has 6 heteroatoms. The summed E-state index contributed by atoms with van der Waals surface area (Å²) >= 11 is 0. The predicted molar refractivity (Wildman–Crippen MR) is 283 cm³/mol. The van der Waals surface area contributed by atoms with Crippen molar-refractivity contribution in [3.63, 3.8) is 0 Å². The van der Waals surface area contributed by atoms with Gasteiger partial charge in [0.15, 0.2) is 0 Å². The van der Waals surface area contributed by atoms with Gasteiger partial charge in [0, 0.05) is 12.8 Å². The van der Waals surface area contributed by atoms with Crippen molar-refractivity contribution in [3.8, 4) is 0 Å². The van der Waals surface area contributed by atoms with Gasteiger partial charge in [0.25, 0.3) is 0 Å². The number of hydrogen-bond donors (Lipinski definition) is 3. The van der Waals surface area contributed by atoms with E-state index in [9.17, 15) is 19.8 Å². The van der Waals surface area contributed by atoms with Crippen LogP contribution in [0.25, 0.3) is 0 Å². The highest BCUT2D eigenvalue weighted by molar-refractivity contribution is 5.76. The van der Waals surface area contributed by atoms with Crippen molar-refractivity contribution in [2.75, 3.05) is 13.2 Å². The number of nitrogens with one attached hydrogen (secondary N) is 1. The smallest absolute Gasteiger partial charge is 0.305 e. The summed E-state index contributed by atoms with van der Waals surface area (Å²) < 4.78 is 5.46. The molecule has 0 aromatic heterocycles. The fourth-order valence-corrected chi connectivity index (χ4v) is 8.98. The summed E-state index contributed by atoms with van der Waals surface area (Å²) in [5.41, 5.74) is 0. The fraction of sp³-hybridized carbons (Fsp3) is 0.898. The van der Waals surface area contributed by atoms with E-state index >= 15 is 0 Å². The van der Waals surface area contributed by atoms with Crippen LogP contribution in [0.15, 0.2) is 24.3 Å². The quantitative estimate of drug-likeness (QED) is 0.0321. The molecule has 0 aliphatic carbocycles. The van der Waals surface area contributed by atoms with Gasteiger partial charge in [-0.15, -0.1) is 0 Å². The zero-order chi connectivity index (χ0) is 47.2. The maximum absolute atomic E-state index is 12.5. The van der Waals surface area contributed by atoms with Crippen LogP contribution in [0.2, 0.25) is 0 Å². The lowest BCUT2D eigenvalue weighted by Crippen LogP contribution is -2.45. The Kier molecular flexibility index (Phi) is 53.5. The van der Waals surface area contributed by atoms with Gasteiger partial charge in [0.05, 0.1) is 25.4 Å². The van der Waals surface area contributed by atoms with Crippen LogP contribution in [0.5, 0.6) is 0 Å². The Balaban J connectivity index is 3.46. The van der Waals surface area contributed by atoms with Gasteiger partial charge in [-0.25, -0.2) is 0 Å². The Morgan fingerprint density at radius 3 is 1.09 bits per heavy atom. The van der Waals surface area contributed by atoms with E-state index in [1.165, 1.54) is 244 Å². The standard InChI is InChI=1S/C59H113NO5/c1-3-5-7-9-11-13-15-16-17-25-28-32-35-39-43-47-51-57(62)56(55-61)60-58(63)52-48-44-40-36-33-29-26-23-21-19-18-20-22-24-27-30-34-38-42-46-50-54-65-59(64)53-49-45-41-37-31-14-12-10-8-6-4-2/h19,21,47,51,56-57,61-62H,3-18,20,22-46,48-50,52-55H2,1-2H3,(H,60,63)/b21-19-,51-47+. The third-order valence-corrected chi connectivity index (χ3v) is 13.5. The van der Waals surface area contributed by atoms with E-state index in [-0.39, 0.29) is 18.5 Å². The number of carbonyl (C=O) groups is 2. The molecular weight excluding hydrogens is 803 g/mol. The number of unbranched alkanes of at least 4 members (excludes halogenated alkanes) is 41. The van der Waals surface area contributed by atoms with Crippen molar-refractivity contribution < 1.29 is 24.5 Å². The second kappa shape index (κ2) is 54.9. The summed E-state index contributed by atoms with van der Waals surface area (Å²) in [4.78, 5) is 24.4. The second-order valence-electron chi connectivity index (χ2n) is 20.0. The third kappa shape index (κ3) is 51.6. The number of amides is 1. The van der Waals surface area contributed by atoms with Crippen molar-refractivity contribution in [2.45, 2.75) is 328 Å². The lowest BCUT2D eigenvalue weighted by Gasteiger charge is -2.20. The monoisotopic (exact) mass is 916 g/mol.